The minimum absolute atomic E-state index is 0.328. The molecule has 7 nitrogen and oxygen atoms in total. The van der Waals surface area contributed by atoms with Crippen LogP contribution < -0.4 is 5.23 Å². The summed E-state index contributed by atoms with van der Waals surface area (Å²) in [5.41, 5.74) is 0. The fourth-order valence-corrected chi connectivity index (χ4v) is 4.61. The lowest BCUT2D eigenvalue weighted by atomic mass is 9.94. The number of hydrogen-bond acceptors (Lipinski definition) is 6. The van der Waals surface area contributed by atoms with E-state index < -0.39 is 7.25 Å². The van der Waals surface area contributed by atoms with E-state index in [2.05, 4.69) is 34.6 Å². The Labute approximate surface area is 203 Å². The Morgan fingerprint density at radius 2 is 1.12 bits per heavy atom. The highest BCUT2D eigenvalue weighted by Crippen LogP contribution is 2.22. The molecule has 0 fully saturated rings. The van der Waals surface area contributed by atoms with Gasteiger partial charge in [0.1, 0.15) is 0 Å². The quantitative estimate of drug-likeness (QED) is 0.119. The van der Waals surface area contributed by atoms with E-state index in [-0.39, 0.29) is 0 Å². The van der Waals surface area contributed by atoms with Crippen LogP contribution in [0.3, 0.4) is 0 Å². The van der Waals surface area contributed by atoms with Crippen molar-refractivity contribution in [1.29, 1.82) is 0 Å². The van der Waals surface area contributed by atoms with Crippen molar-refractivity contribution in [2.45, 2.75) is 149 Å². The monoisotopic (exact) mass is 465 g/mol. The van der Waals surface area contributed by atoms with E-state index in [0.717, 1.165) is 6.54 Å². The van der Waals surface area contributed by atoms with Crippen molar-refractivity contribution in [2.75, 3.05) is 5.23 Å². The van der Waals surface area contributed by atoms with Crippen molar-refractivity contribution < 1.29 is 10.0 Å². The predicted octanol–water partition coefficient (Wildman–Crippen LogP) is 6.51. The number of hydrogen-bond donors (Lipinski definition) is 3. The Morgan fingerprint density at radius 3 is 1.55 bits per heavy atom. The fraction of sp³-hybridized carbons (Fsp3) is 0.960. The summed E-state index contributed by atoms with van der Waals surface area (Å²) < 4.78 is 1.69. The maximum absolute atomic E-state index is 9.20. The van der Waals surface area contributed by atoms with Crippen molar-refractivity contribution in [1.82, 2.24) is 20.2 Å². The molecule has 0 aliphatic heterocycles. The third-order valence-electron chi connectivity index (χ3n) is 6.65. The average Bonchev–Trinajstić information content (AvgIpc) is 3.22. The predicted molar refractivity (Wildman–Crippen MR) is 139 cm³/mol. The summed E-state index contributed by atoms with van der Waals surface area (Å²) in [5.74, 6) is 0.855. The summed E-state index contributed by atoms with van der Waals surface area (Å²) >= 11 is 0. The van der Waals surface area contributed by atoms with Crippen LogP contribution in [-0.4, -0.2) is 37.5 Å². The molecule has 3 N–H and O–H groups in total. The average molecular weight is 466 g/mol. The van der Waals surface area contributed by atoms with E-state index in [1.807, 2.05) is 0 Å². The Kier molecular flexibility index (Phi) is 19.4. The molecule has 1 aromatic rings. The van der Waals surface area contributed by atoms with E-state index in [4.69, 9.17) is 0 Å². The van der Waals surface area contributed by atoms with Crippen LogP contribution >= 0.6 is 0 Å². The van der Waals surface area contributed by atoms with E-state index in [0.29, 0.717) is 11.9 Å². The zero-order chi connectivity index (χ0) is 24.0. The van der Waals surface area contributed by atoms with Crippen LogP contribution in [0.25, 0.3) is 0 Å². The molecule has 0 saturated heterocycles. The zero-order valence-corrected chi connectivity index (χ0v) is 21.7. The number of anilines is 1. The third-order valence-corrected chi connectivity index (χ3v) is 6.65. The Balaban J connectivity index is 2.30. The van der Waals surface area contributed by atoms with Gasteiger partial charge in [-0.1, -0.05) is 135 Å². The minimum atomic E-state index is -1.65. The molecule has 8 heteroatoms. The molecule has 0 aliphatic carbocycles. The lowest BCUT2D eigenvalue weighted by Gasteiger charge is -2.18. The van der Waals surface area contributed by atoms with Crippen molar-refractivity contribution in [3.8, 4) is 0 Å². The molecule has 1 unspecified atom stereocenters. The SMILES string of the molecule is CCCCCCCCCCCCC(CCCCCCCCCC)Cn1nnnc1NB(O)O. The highest BCUT2D eigenvalue weighted by molar-refractivity contribution is 6.45. The molecule has 1 rings (SSSR count). The Morgan fingerprint density at radius 1 is 0.697 bits per heavy atom. The van der Waals surface area contributed by atoms with Gasteiger partial charge in [0, 0.05) is 6.54 Å². The molecule has 1 aromatic heterocycles. The molecule has 0 saturated carbocycles. The molecule has 0 amide bonds. The topological polar surface area (TPSA) is 96.1 Å². The lowest BCUT2D eigenvalue weighted by Crippen LogP contribution is -2.27. The molecule has 0 bridgehead atoms. The van der Waals surface area contributed by atoms with Crippen molar-refractivity contribution in [2.24, 2.45) is 5.92 Å². The van der Waals surface area contributed by atoms with Crippen LogP contribution in [0, 0.1) is 5.92 Å². The van der Waals surface area contributed by atoms with Gasteiger partial charge in [-0.2, -0.15) is 0 Å². The second-order valence-electron chi connectivity index (χ2n) is 9.80. The highest BCUT2D eigenvalue weighted by atomic mass is 16.4. The Hall–Kier alpha value is -1.15. The number of nitrogens with one attached hydrogen (secondary N) is 1. The summed E-state index contributed by atoms with van der Waals surface area (Å²) in [6.07, 6.45) is 26.6. The molecule has 0 aromatic carbocycles. The number of rotatable bonds is 24. The number of tetrazole rings is 1. The largest absolute Gasteiger partial charge is 0.587 e. The van der Waals surface area contributed by atoms with Gasteiger partial charge in [-0.25, -0.2) is 4.68 Å². The first kappa shape index (κ1) is 29.9. The van der Waals surface area contributed by atoms with Gasteiger partial charge < -0.3 is 15.3 Å². The molecule has 1 atom stereocenters. The van der Waals surface area contributed by atoms with Crippen LogP contribution in [-0.2, 0) is 6.54 Å². The summed E-state index contributed by atoms with van der Waals surface area (Å²) in [4.78, 5) is 0. The van der Waals surface area contributed by atoms with Crippen molar-refractivity contribution in [3.05, 3.63) is 0 Å². The van der Waals surface area contributed by atoms with Crippen molar-refractivity contribution in [3.63, 3.8) is 0 Å². The molecule has 0 radical (unpaired) electrons. The van der Waals surface area contributed by atoms with E-state index in [1.54, 1.807) is 4.68 Å². The smallest absolute Gasteiger partial charge is 0.408 e. The van der Waals surface area contributed by atoms with E-state index >= 15 is 0 Å². The maximum Gasteiger partial charge on any atom is 0.587 e. The van der Waals surface area contributed by atoms with Gasteiger partial charge in [-0.15, -0.1) is 0 Å². The Bertz CT molecular complexity index is 545. The van der Waals surface area contributed by atoms with Crippen LogP contribution in [0.2, 0.25) is 0 Å². The molecule has 0 aliphatic rings. The number of unbranched alkanes of at least 4 members (excludes halogenated alkanes) is 16. The maximum atomic E-state index is 9.20. The third kappa shape index (κ3) is 17.0. The van der Waals surface area contributed by atoms with Crippen molar-refractivity contribution >= 4 is 13.2 Å². The van der Waals surface area contributed by atoms with Crippen LogP contribution in [0.15, 0.2) is 0 Å². The molecule has 192 valence electrons. The zero-order valence-electron chi connectivity index (χ0n) is 21.7. The van der Waals surface area contributed by atoms with Crippen LogP contribution in [0.4, 0.5) is 5.95 Å². The van der Waals surface area contributed by atoms with E-state index in [1.165, 1.54) is 128 Å². The fourth-order valence-electron chi connectivity index (χ4n) is 4.61. The van der Waals surface area contributed by atoms with Gasteiger partial charge in [0.2, 0.25) is 5.95 Å². The van der Waals surface area contributed by atoms with E-state index in [9.17, 15) is 10.0 Å². The standard InChI is InChI=1S/C25H52BN5O2/c1-3-5-7-9-11-13-14-16-18-20-22-24(21-19-17-15-12-10-8-6-4-2)23-31-25(27-26(32)33)28-29-30-31/h24,32-33H,3-23H2,1-2H3,(H,27,28,30). The minimum Gasteiger partial charge on any atom is -0.408 e. The number of nitrogens with zero attached hydrogens (tertiary/aromatic N) is 4. The summed E-state index contributed by atoms with van der Waals surface area (Å²) in [6, 6.07) is 0. The highest BCUT2D eigenvalue weighted by Gasteiger charge is 2.17. The second-order valence-corrected chi connectivity index (χ2v) is 9.80. The molecule has 0 spiro atoms. The normalized spacial score (nSPS) is 12.2. The molecule has 33 heavy (non-hydrogen) atoms. The van der Waals surface area contributed by atoms with Gasteiger partial charge in [0.05, 0.1) is 0 Å². The van der Waals surface area contributed by atoms with Gasteiger partial charge in [-0.05, 0) is 29.2 Å². The second kappa shape index (κ2) is 21.4. The van der Waals surface area contributed by atoms with Crippen LogP contribution in [0.5, 0.6) is 0 Å². The van der Waals surface area contributed by atoms with Gasteiger partial charge in [0.25, 0.3) is 0 Å². The molecular formula is C25H52BN5O2. The summed E-state index contributed by atoms with van der Waals surface area (Å²) in [5, 5.41) is 32.6. The molecule has 1 heterocycles. The first-order chi connectivity index (χ1) is 16.2. The summed E-state index contributed by atoms with van der Waals surface area (Å²) in [6.45, 7) is 5.27. The lowest BCUT2D eigenvalue weighted by molar-refractivity contribution is 0.340. The number of aromatic nitrogens is 4. The van der Waals surface area contributed by atoms with Gasteiger partial charge >= 0.3 is 7.25 Å². The first-order valence-electron chi connectivity index (χ1n) is 14.1. The molecular weight excluding hydrogens is 413 g/mol. The van der Waals surface area contributed by atoms with Crippen LogP contribution in [0.1, 0.15) is 142 Å². The van der Waals surface area contributed by atoms with Gasteiger partial charge in [0.15, 0.2) is 0 Å². The summed E-state index contributed by atoms with van der Waals surface area (Å²) in [7, 11) is -1.65. The first-order valence-corrected chi connectivity index (χ1v) is 14.1. The van der Waals surface area contributed by atoms with Gasteiger partial charge in [-0.3, -0.25) is 0 Å².